The number of carbonyl (C=O) groups is 1. The van der Waals surface area contributed by atoms with Gasteiger partial charge in [0.05, 0.1) is 5.71 Å². The van der Waals surface area contributed by atoms with Crippen LogP contribution in [0.5, 0.6) is 0 Å². The van der Waals surface area contributed by atoms with Crippen molar-refractivity contribution in [2.75, 3.05) is 0 Å². The van der Waals surface area contributed by atoms with Crippen LogP contribution < -0.4 is 5.43 Å². The van der Waals surface area contributed by atoms with Crippen molar-refractivity contribution >= 4 is 11.6 Å². The summed E-state index contributed by atoms with van der Waals surface area (Å²) in [6.07, 6.45) is 3.35. The minimum Gasteiger partial charge on any atom is -0.271 e. The first-order valence-corrected chi connectivity index (χ1v) is 7.29. The molecule has 3 rings (SSSR count). The van der Waals surface area contributed by atoms with Crippen LogP contribution in [0.2, 0.25) is 0 Å². The molecule has 0 saturated carbocycles. The number of nitrogens with zero attached hydrogens (tertiary/aromatic N) is 6. The maximum atomic E-state index is 11.9. The number of carbonyl (C=O) groups excluding carboxylic acids is 1. The molecule has 120 valence electrons. The Kier molecular flexibility index (Phi) is 4.66. The number of hydrogen-bond donors (Lipinski definition) is 1. The quantitative estimate of drug-likeness (QED) is 0.564. The SMILES string of the molecule is C/C(=N/NC(=O)Cn1nnc(-c2ccccc2)n1)c1cccnc1. The second kappa shape index (κ2) is 7.23. The van der Waals surface area contributed by atoms with Gasteiger partial charge in [0, 0.05) is 23.5 Å². The Labute approximate surface area is 138 Å². The second-order valence-corrected chi connectivity index (χ2v) is 4.98. The number of nitrogens with one attached hydrogen (secondary N) is 1. The van der Waals surface area contributed by atoms with E-state index in [0.717, 1.165) is 11.1 Å². The minimum absolute atomic E-state index is 0.0658. The first-order chi connectivity index (χ1) is 11.7. The summed E-state index contributed by atoms with van der Waals surface area (Å²) in [5, 5.41) is 16.0. The molecule has 3 aromatic rings. The Bertz CT molecular complexity index is 843. The molecular formula is C16H15N7O. The molecule has 0 saturated heterocycles. The summed E-state index contributed by atoms with van der Waals surface area (Å²) in [5.74, 6) is 0.133. The van der Waals surface area contributed by atoms with Crippen molar-refractivity contribution in [3.8, 4) is 11.4 Å². The fraction of sp³-hybridized carbons (Fsp3) is 0.125. The predicted octanol–water partition coefficient (Wildman–Crippen LogP) is 1.28. The number of hydrazone groups is 1. The monoisotopic (exact) mass is 321 g/mol. The fourth-order valence-corrected chi connectivity index (χ4v) is 1.96. The molecule has 0 spiro atoms. The Morgan fingerprint density at radius 3 is 2.79 bits per heavy atom. The Morgan fingerprint density at radius 1 is 1.21 bits per heavy atom. The molecule has 8 heteroatoms. The first kappa shape index (κ1) is 15.5. The van der Waals surface area contributed by atoms with Crippen LogP contribution in [0.1, 0.15) is 12.5 Å². The van der Waals surface area contributed by atoms with Crippen LogP contribution in [0.4, 0.5) is 0 Å². The molecule has 0 fully saturated rings. The van der Waals surface area contributed by atoms with E-state index in [1.807, 2.05) is 36.4 Å². The Balaban J connectivity index is 1.61. The molecular weight excluding hydrogens is 306 g/mol. The lowest BCUT2D eigenvalue weighted by Gasteiger charge is -2.01. The van der Waals surface area contributed by atoms with Gasteiger partial charge in [-0.15, -0.1) is 10.2 Å². The van der Waals surface area contributed by atoms with Gasteiger partial charge >= 0.3 is 0 Å². The first-order valence-electron chi connectivity index (χ1n) is 7.29. The van der Waals surface area contributed by atoms with Crippen LogP contribution in [-0.4, -0.2) is 36.8 Å². The van der Waals surface area contributed by atoms with E-state index in [1.165, 1.54) is 4.80 Å². The molecule has 1 aromatic carbocycles. The lowest BCUT2D eigenvalue weighted by Crippen LogP contribution is -2.25. The normalized spacial score (nSPS) is 11.3. The average Bonchev–Trinajstić information content (AvgIpc) is 3.09. The fourth-order valence-electron chi connectivity index (χ4n) is 1.96. The maximum Gasteiger partial charge on any atom is 0.263 e. The van der Waals surface area contributed by atoms with Crippen molar-refractivity contribution in [2.24, 2.45) is 5.10 Å². The third-order valence-electron chi connectivity index (χ3n) is 3.20. The van der Waals surface area contributed by atoms with Crippen molar-refractivity contribution in [1.82, 2.24) is 30.6 Å². The topological polar surface area (TPSA) is 98.0 Å². The van der Waals surface area contributed by atoms with Gasteiger partial charge in [-0.1, -0.05) is 36.4 Å². The van der Waals surface area contributed by atoms with Gasteiger partial charge in [0.2, 0.25) is 5.82 Å². The molecule has 0 aliphatic heterocycles. The van der Waals surface area contributed by atoms with Gasteiger partial charge in [0.15, 0.2) is 0 Å². The molecule has 24 heavy (non-hydrogen) atoms. The smallest absolute Gasteiger partial charge is 0.263 e. The molecule has 0 aliphatic carbocycles. The molecule has 2 aromatic heterocycles. The molecule has 2 heterocycles. The average molecular weight is 321 g/mol. The van der Waals surface area contributed by atoms with E-state index in [2.05, 4.69) is 30.9 Å². The molecule has 8 nitrogen and oxygen atoms in total. The van der Waals surface area contributed by atoms with Crippen LogP contribution in [0, 0.1) is 0 Å². The summed E-state index contributed by atoms with van der Waals surface area (Å²) >= 11 is 0. The maximum absolute atomic E-state index is 11.9. The van der Waals surface area contributed by atoms with Crippen LogP contribution in [0.25, 0.3) is 11.4 Å². The molecule has 1 amide bonds. The number of hydrogen-bond acceptors (Lipinski definition) is 6. The number of tetrazole rings is 1. The number of pyridine rings is 1. The van der Waals surface area contributed by atoms with E-state index in [-0.39, 0.29) is 12.5 Å². The van der Waals surface area contributed by atoms with Crippen molar-refractivity contribution in [3.05, 3.63) is 60.4 Å². The standard InChI is InChI=1S/C16H15N7O/c1-12(14-8-5-9-17-10-14)18-19-15(24)11-23-21-16(20-22-23)13-6-3-2-4-7-13/h2-10H,11H2,1H3,(H,19,24)/b18-12-. The van der Waals surface area contributed by atoms with E-state index >= 15 is 0 Å². The third-order valence-corrected chi connectivity index (χ3v) is 3.20. The van der Waals surface area contributed by atoms with Gasteiger partial charge in [-0.2, -0.15) is 9.90 Å². The molecule has 0 atom stereocenters. The molecule has 0 unspecified atom stereocenters. The zero-order chi connectivity index (χ0) is 16.8. The van der Waals surface area contributed by atoms with Gasteiger partial charge in [-0.3, -0.25) is 9.78 Å². The molecule has 0 radical (unpaired) electrons. The van der Waals surface area contributed by atoms with E-state index in [4.69, 9.17) is 0 Å². The van der Waals surface area contributed by atoms with Crippen LogP contribution in [-0.2, 0) is 11.3 Å². The van der Waals surface area contributed by atoms with Crippen LogP contribution >= 0.6 is 0 Å². The lowest BCUT2D eigenvalue weighted by atomic mass is 10.2. The van der Waals surface area contributed by atoms with Crippen molar-refractivity contribution in [3.63, 3.8) is 0 Å². The second-order valence-electron chi connectivity index (χ2n) is 4.98. The zero-order valence-corrected chi connectivity index (χ0v) is 13.0. The Hall–Kier alpha value is -3.42. The third kappa shape index (κ3) is 3.86. The summed E-state index contributed by atoms with van der Waals surface area (Å²) in [6, 6.07) is 13.1. The largest absolute Gasteiger partial charge is 0.271 e. The summed E-state index contributed by atoms with van der Waals surface area (Å²) in [4.78, 5) is 17.2. The van der Waals surface area contributed by atoms with Crippen molar-refractivity contribution < 1.29 is 4.79 Å². The summed E-state index contributed by atoms with van der Waals surface area (Å²) < 4.78 is 0. The number of benzene rings is 1. The van der Waals surface area contributed by atoms with E-state index < -0.39 is 0 Å². The predicted molar refractivity (Wildman–Crippen MR) is 87.8 cm³/mol. The van der Waals surface area contributed by atoms with Gasteiger partial charge in [0.25, 0.3) is 5.91 Å². The van der Waals surface area contributed by atoms with Crippen LogP contribution in [0.15, 0.2) is 60.0 Å². The Morgan fingerprint density at radius 2 is 2.04 bits per heavy atom. The van der Waals surface area contributed by atoms with Gasteiger partial charge in [-0.05, 0) is 18.2 Å². The van der Waals surface area contributed by atoms with E-state index in [0.29, 0.717) is 11.5 Å². The molecule has 0 bridgehead atoms. The van der Waals surface area contributed by atoms with Gasteiger partial charge < -0.3 is 0 Å². The van der Waals surface area contributed by atoms with Crippen molar-refractivity contribution in [2.45, 2.75) is 13.5 Å². The minimum atomic E-state index is -0.338. The van der Waals surface area contributed by atoms with Crippen molar-refractivity contribution in [1.29, 1.82) is 0 Å². The van der Waals surface area contributed by atoms with Gasteiger partial charge in [-0.25, -0.2) is 5.43 Å². The highest BCUT2D eigenvalue weighted by atomic mass is 16.2. The van der Waals surface area contributed by atoms with Gasteiger partial charge in [0.1, 0.15) is 6.54 Å². The van der Waals surface area contributed by atoms with Crippen LogP contribution in [0.3, 0.4) is 0 Å². The highest BCUT2D eigenvalue weighted by Gasteiger charge is 2.08. The number of rotatable bonds is 5. The number of aromatic nitrogens is 5. The van der Waals surface area contributed by atoms with E-state index in [9.17, 15) is 4.79 Å². The van der Waals surface area contributed by atoms with E-state index in [1.54, 1.807) is 25.4 Å². The highest BCUT2D eigenvalue weighted by Crippen LogP contribution is 2.11. The summed E-state index contributed by atoms with van der Waals surface area (Å²) in [7, 11) is 0. The summed E-state index contributed by atoms with van der Waals surface area (Å²) in [5.41, 5.74) is 4.81. The summed E-state index contributed by atoms with van der Waals surface area (Å²) in [6.45, 7) is 1.72. The molecule has 0 aliphatic rings. The molecule has 1 N–H and O–H groups in total. The zero-order valence-electron chi connectivity index (χ0n) is 13.0. The number of amides is 1. The lowest BCUT2D eigenvalue weighted by molar-refractivity contribution is -0.122. The highest BCUT2D eigenvalue weighted by molar-refractivity contribution is 5.98.